The lowest BCUT2D eigenvalue weighted by Crippen LogP contribution is -2.07. The molecule has 0 unspecified atom stereocenters. The number of carboxylic acid groups (broad SMARTS) is 1. The van der Waals surface area contributed by atoms with Crippen LogP contribution in [-0.2, 0) is 11.2 Å². The number of aromatic nitrogens is 2. The van der Waals surface area contributed by atoms with Gasteiger partial charge in [0.15, 0.2) is 5.82 Å². The molecule has 6 heteroatoms. The third kappa shape index (κ3) is 3.71. The van der Waals surface area contributed by atoms with Crippen LogP contribution in [0, 0.1) is 0 Å². The van der Waals surface area contributed by atoms with Crippen molar-refractivity contribution < 1.29 is 9.90 Å². The van der Waals surface area contributed by atoms with Crippen molar-refractivity contribution in [1.29, 1.82) is 0 Å². The predicted octanol–water partition coefficient (Wildman–Crippen LogP) is 4.20. The average molecular weight is 341 g/mol. The topological polar surface area (TPSA) is 75.1 Å². The second-order valence-electron chi connectivity index (χ2n) is 5.47. The number of nitrogens with zero attached hydrogens (tertiary/aromatic N) is 2. The van der Waals surface area contributed by atoms with Gasteiger partial charge in [0, 0.05) is 23.4 Å². The molecule has 0 bridgehead atoms. The van der Waals surface area contributed by atoms with Crippen molar-refractivity contribution in [3.63, 3.8) is 0 Å². The molecule has 0 amide bonds. The molecule has 2 N–H and O–H groups in total. The first-order valence-electron chi connectivity index (χ1n) is 7.99. The lowest BCUT2D eigenvalue weighted by atomic mass is 10.2. The molecule has 0 aliphatic carbocycles. The van der Waals surface area contributed by atoms with E-state index in [2.05, 4.69) is 23.3 Å². The molecule has 0 aliphatic heterocycles. The summed E-state index contributed by atoms with van der Waals surface area (Å²) in [6.45, 7) is 2.69. The van der Waals surface area contributed by atoms with E-state index in [1.54, 1.807) is 11.3 Å². The fraction of sp³-hybridized carbons (Fsp3) is 0.278. The summed E-state index contributed by atoms with van der Waals surface area (Å²) in [6.07, 6.45) is 1.67. The summed E-state index contributed by atoms with van der Waals surface area (Å²) in [5.74, 6) is 0.687. The van der Waals surface area contributed by atoms with Gasteiger partial charge >= 0.3 is 5.97 Å². The van der Waals surface area contributed by atoms with Crippen molar-refractivity contribution in [2.45, 2.75) is 26.2 Å². The molecule has 2 heterocycles. The number of nitrogens with one attached hydrogen (secondary N) is 1. The quantitative estimate of drug-likeness (QED) is 0.630. The van der Waals surface area contributed by atoms with Crippen molar-refractivity contribution in [2.75, 3.05) is 11.9 Å². The third-order valence-corrected chi connectivity index (χ3v) is 4.86. The number of hydrogen-bond donors (Lipinski definition) is 2. The molecule has 0 aliphatic rings. The van der Waals surface area contributed by atoms with Gasteiger partial charge in [0.1, 0.15) is 10.6 Å². The minimum atomic E-state index is -0.779. The lowest BCUT2D eigenvalue weighted by Gasteiger charge is -2.08. The number of thiophene rings is 1. The molecule has 3 aromatic rings. The number of carboxylic acids is 1. The zero-order valence-corrected chi connectivity index (χ0v) is 14.3. The summed E-state index contributed by atoms with van der Waals surface area (Å²) >= 11 is 1.68. The molecule has 0 fully saturated rings. The molecule has 0 atom stereocenters. The fourth-order valence-corrected chi connectivity index (χ4v) is 3.41. The normalized spacial score (nSPS) is 10.9. The summed E-state index contributed by atoms with van der Waals surface area (Å²) in [5.41, 5.74) is 0.972. The Hall–Kier alpha value is -2.47. The van der Waals surface area contributed by atoms with E-state index < -0.39 is 5.97 Å². The average Bonchev–Trinajstić information content (AvgIpc) is 3.02. The summed E-state index contributed by atoms with van der Waals surface area (Å²) in [6, 6.07) is 12.0. The number of anilines is 1. The number of benzene rings is 1. The van der Waals surface area contributed by atoms with Gasteiger partial charge in [0.05, 0.1) is 5.39 Å². The number of aliphatic carboxylic acids is 1. The van der Waals surface area contributed by atoms with E-state index in [0.717, 1.165) is 28.0 Å². The molecule has 3 rings (SSSR count). The molecular formula is C18H19N3O2S. The lowest BCUT2D eigenvalue weighted by molar-refractivity contribution is -0.137. The minimum Gasteiger partial charge on any atom is -0.481 e. The van der Waals surface area contributed by atoms with E-state index in [1.807, 2.05) is 30.3 Å². The smallest absolute Gasteiger partial charge is 0.303 e. The van der Waals surface area contributed by atoms with E-state index >= 15 is 0 Å². The van der Waals surface area contributed by atoms with Crippen molar-refractivity contribution in [3.05, 3.63) is 41.3 Å². The van der Waals surface area contributed by atoms with E-state index in [4.69, 9.17) is 10.1 Å². The highest BCUT2D eigenvalue weighted by molar-refractivity contribution is 7.18. The van der Waals surface area contributed by atoms with Gasteiger partial charge < -0.3 is 10.4 Å². The summed E-state index contributed by atoms with van der Waals surface area (Å²) in [4.78, 5) is 22.3. The van der Waals surface area contributed by atoms with E-state index in [0.29, 0.717) is 18.8 Å². The first-order chi connectivity index (χ1) is 11.7. The highest BCUT2D eigenvalue weighted by atomic mass is 32.1. The van der Waals surface area contributed by atoms with Gasteiger partial charge in [-0.05, 0) is 18.9 Å². The van der Waals surface area contributed by atoms with Gasteiger partial charge in [-0.25, -0.2) is 9.97 Å². The summed E-state index contributed by atoms with van der Waals surface area (Å²) in [5, 5.41) is 13.0. The highest BCUT2D eigenvalue weighted by Crippen LogP contribution is 2.31. The number of carbonyl (C=O) groups is 1. The number of hydrogen-bond acceptors (Lipinski definition) is 5. The molecular weight excluding hydrogens is 322 g/mol. The number of aryl methyl sites for hydroxylation is 1. The first-order valence-corrected chi connectivity index (χ1v) is 8.80. The van der Waals surface area contributed by atoms with Crippen molar-refractivity contribution in [2.24, 2.45) is 0 Å². The van der Waals surface area contributed by atoms with Gasteiger partial charge in [-0.1, -0.05) is 37.3 Å². The van der Waals surface area contributed by atoms with Crippen molar-refractivity contribution in [1.82, 2.24) is 9.97 Å². The maximum absolute atomic E-state index is 10.7. The van der Waals surface area contributed by atoms with Crippen LogP contribution in [-0.4, -0.2) is 27.6 Å². The first kappa shape index (κ1) is 16.4. The second kappa shape index (κ2) is 7.40. The maximum Gasteiger partial charge on any atom is 0.303 e. The van der Waals surface area contributed by atoms with Crippen LogP contribution < -0.4 is 5.32 Å². The summed E-state index contributed by atoms with van der Waals surface area (Å²) < 4.78 is 0. The summed E-state index contributed by atoms with van der Waals surface area (Å²) in [7, 11) is 0. The molecule has 0 radical (unpaired) electrons. The minimum absolute atomic E-state index is 0.149. The van der Waals surface area contributed by atoms with Gasteiger partial charge in [0.2, 0.25) is 0 Å². The van der Waals surface area contributed by atoms with Gasteiger partial charge in [0.25, 0.3) is 0 Å². The van der Waals surface area contributed by atoms with Crippen LogP contribution in [0.2, 0.25) is 0 Å². The second-order valence-corrected chi connectivity index (χ2v) is 6.59. The van der Waals surface area contributed by atoms with Crippen LogP contribution in [0.1, 0.15) is 24.6 Å². The molecule has 24 heavy (non-hydrogen) atoms. The van der Waals surface area contributed by atoms with Crippen LogP contribution >= 0.6 is 11.3 Å². The fourth-order valence-electron chi connectivity index (χ4n) is 2.44. The highest BCUT2D eigenvalue weighted by Gasteiger charge is 2.12. The van der Waals surface area contributed by atoms with Crippen LogP contribution in [0.15, 0.2) is 36.4 Å². The van der Waals surface area contributed by atoms with Crippen LogP contribution in [0.3, 0.4) is 0 Å². The SMILES string of the molecule is CCc1cc2c(NCCCC(=O)O)nc(-c3ccccc3)nc2s1. The Bertz CT molecular complexity index is 846. The predicted molar refractivity (Wildman–Crippen MR) is 97.6 cm³/mol. The Kier molecular flexibility index (Phi) is 5.05. The largest absolute Gasteiger partial charge is 0.481 e. The van der Waals surface area contributed by atoms with Crippen molar-refractivity contribution >= 4 is 33.3 Å². The van der Waals surface area contributed by atoms with E-state index in [-0.39, 0.29) is 6.42 Å². The molecule has 0 spiro atoms. The Labute approximate surface area is 144 Å². The number of rotatable bonds is 7. The molecule has 5 nitrogen and oxygen atoms in total. The van der Waals surface area contributed by atoms with Gasteiger partial charge in [-0.15, -0.1) is 11.3 Å². The molecule has 2 aromatic heterocycles. The van der Waals surface area contributed by atoms with E-state index in [1.165, 1.54) is 4.88 Å². The zero-order chi connectivity index (χ0) is 16.9. The van der Waals surface area contributed by atoms with Gasteiger partial charge in [-0.3, -0.25) is 4.79 Å². The Morgan fingerprint density at radius 2 is 2.04 bits per heavy atom. The zero-order valence-electron chi connectivity index (χ0n) is 13.5. The standard InChI is InChI=1S/C18H19N3O2S/c1-2-13-11-14-17(19-10-6-9-15(22)23)20-16(21-18(14)24-13)12-7-4-3-5-8-12/h3-5,7-8,11H,2,6,9-10H2,1H3,(H,22,23)(H,19,20,21). The molecule has 0 saturated carbocycles. The van der Waals surface area contributed by atoms with Crippen LogP contribution in [0.4, 0.5) is 5.82 Å². The maximum atomic E-state index is 10.7. The van der Waals surface area contributed by atoms with Gasteiger partial charge in [-0.2, -0.15) is 0 Å². The van der Waals surface area contributed by atoms with E-state index in [9.17, 15) is 4.79 Å². The molecule has 1 aromatic carbocycles. The Morgan fingerprint density at radius 3 is 2.75 bits per heavy atom. The monoisotopic (exact) mass is 341 g/mol. The Morgan fingerprint density at radius 1 is 1.25 bits per heavy atom. The Balaban J connectivity index is 1.94. The van der Waals surface area contributed by atoms with Crippen LogP contribution in [0.25, 0.3) is 21.6 Å². The molecule has 124 valence electrons. The van der Waals surface area contributed by atoms with Crippen LogP contribution in [0.5, 0.6) is 0 Å². The third-order valence-electron chi connectivity index (χ3n) is 3.68. The molecule has 0 saturated heterocycles. The number of fused-ring (bicyclic) bond motifs is 1. The van der Waals surface area contributed by atoms with Crippen molar-refractivity contribution in [3.8, 4) is 11.4 Å².